The number of carbonyl (C=O) groups excluding carboxylic acids is 1. The Labute approximate surface area is 82.1 Å². The van der Waals surface area contributed by atoms with Crippen molar-refractivity contribution < 1.29 is 19.0 Å². The maximum absolute atomic E-state index is 11.2. The third kappa shape index (κ3) is 1.43. The Balaban J connectivity index is 2.71. The zero-order valence-corrected chi connectivity index (χ0v) is 8.68. The van der Waals surface area contributed by atoms with Gasteiger partial charge in [-0.25, -0.2) is 4.79 Å². The lowest BCUT2D eigenvalue weighted by Crippen LogP contribution is -2.33. The Bertz CT molecular complexity index is 220. The van der Waals surface area contributed by atoms with Gasteiger partial charge in [-0.1, -0.05) is 18.5 Å². The Hall–Kier alpha value is -0.320. The molecule has 0 aromatic heterocycles. The number of rotatable bonds is 4. The van der Waals surface area contributed by atoms with E-state index < -0.39 is 16.6 Å². The molecule has 13 heavy (non-hydrogen) atoms. The second kappa shape index (κ2) is 3.44. The van der Waals surface area contributed by atoms with Crippen molar-refractivity contribution in [3.8, 4) is 0 Å². The molecular weight excluding hydrogens is 196 g/mol. The van der Waals surface area contributed by atoms with Crippen molar-refractivity contribution >= 4 is 17.6 Å². The van der Waals surface area contributed by atoms with Gasteiger partial charge in [-0.3, -0.25) is 0 Å². The Morgan fingerprint density at radius 1 is 1.54 bits per heavy atom. The van der Waals surface area contributed by atoms with E-state index in [0.29, 0.717) is 13.0 Å². The highest BCUT2D eigenvalue weighted by Gasteiger charge is 2.74. The zero-order chi connectivity index (χ0) is 10.1. The van der Waals surface area contributed by atoms with E-state index in [1.165, 1.54) is 14.2 Å². The summed E-state index contributed by atoms with van der Waals surface area (Å²) in [7, 11) is 2.81. The number of methoxy groups -OCH3 is 2. The first-order valence-electron chi connectivity index (χ1n) is 4.02. The van der Waals surface area contributed by atoms with Crippen LogP contribution in [0, 0.1) is 0 Å². The fourth-order valence-electron chi connectivity index (χ4n) is 1.36. The van der Waals surface area contributed by atoms with E-state index in [-0.39, 0.29) is 0 Å². The fraction of sp³-hybridized carbons (Fsp3) is 0.875. The highest BCUT2D eigenvalue weighted by Crippen LogP contribution is 2.54. The minimum absolute atomic E-state index is 0.294. The summed E-state index contributed by atoms with van der Waals surface area (Å²) in [6.07, 6.45) is 0.611. The number of esters is 1. The van der Waals surface area contributed by atoms with Crippen molar-refractivity contribution in [2.45, 2.75) is 24.0 Å². The van der Waals surface area contributed by atoms with Crippen LogP contribution >= 0.6 is 11.6 Å². The molecule has 1 aliphatic rings. The highest BCUT2D eigenvalue weighted by molar-refractivity contribution is 6.36. The van der Waals surface area contributed by atoms with Crippen LogP contribution in [-0.2, 0) is 19.0 Å². The van der Waals surface area contributed by atoms with E-state index in [2.05, 4.69) is 4.74 Å². The summed E-state index contributed by atoms with van der Waals surface area (Å²) in [6, 6.07) is 0. The minimum atomic E-state index is -1.34. The number of carbonyl (C=O) groups is 1. The monoisotopic (exact) mass is 208 g/mol. The lowest BCUT2D eigenvalue weighted by molar-refractivity contribution is -0.143. The smallest absolute Gasteiger partial charge is 0.357 e. The summed E-state index contributed by atoms with van der Waals surface area (Å²) in [4.78, 5) is 11.2. The molecule has 0 aliphatic carbocycles. The third-order valence-electron chi connectivity index (χ3n) is 2.28. The zero-order valence-electron chi connectivity index (χ0n) is 7.93. The van der Waals surface area contributed by atoms with Crippen LogP contribution in [0.1, 0.15) is 13.3 Å². The topological polar surface area (TPSA) is 48.1 Å². The van der Waals surface area contributed by atoms with Crippen molar-refractivity contribution in [2.24, 2.45) is 0 Å². The van der Waals surface area contributed by atoms with Crippen LogP contribution in [0.2, 0.25) is 0 Å². The molecule has 0 amide bonds. The molecule has 0 aromatic rings. The van der Waals surface area contributed by atoms with Crippen molar-refractivity contribution in [2.75, 3.05) is 20.8 Å². The highest BCUT2D eigenvalue weighted by atomic mass is 35.5. The van der Waals surface area contributed by atoms with Crippen molar-refractivity contribution in [1.82, 2.24) is 0 Å². The second-order valence-electron chi connectivity index (χ2n) is 2.97. The molecule has 2 unspecified atom stereocenters. The van der Waals surface area contributed by atoms with Gasteiger partial charge in [-0.05, 0) is 6.42 Å². The van der Waals surface area contributed by atoms with Crippen LogP contribution in [0.4, 0.5) is 0 Å². The van der Waals surface area contributed by atoms with E-state index in [0.717, 1.165) is 0 Å². The van der Waals surface area contributed by atoms with Gasteiger partial charge in [0.25, 0.3) is 5.06 Å². The van der Waals surface area contributed by atoms with Crippen LogP contribution in [0.5, 0.6) is 0 Å². The quantitative estimate of drug-likeness (QED) is 0.392. The molecule has 1 rings (SSSR count). The number of alkyl halides is 1. The lowest BCUT2D eigenvalue weighted by Gasteiger charge is -2.10. The van der Waals surface area contributed by atoms with Gasteiger partial charge in [-0.2, -0.15) is 0 Å². The van der Waals surface area contributed by atoms with Gasteiger partial charge >= 0.3 is 5.97 Å². The molecule has 1 fully saturated rings. The number of ether oxygens (including phenoxy) is 3. The number of epoxide rings is 1. The standard InChI is InChI=1S/C8H13ClO4/c1-4-7(5-11-2)8(9,13-7)6(10)12-3/h4-5H2,1-3H3. The normalized spacial score (nSPS) is 37.2. The van der Waals surface area contributed by atoms with E-state index in [1.54, 1.807) is 0 Å². The predicted octanol–water partition coefficient (Wildman–Crippen LogP) is 0.920. The van der Waals surface area contributed by atoms with Gasteiger partial charge in [0.05, 0.1) is 13.7 Å². The molecule has 1 heterocycles. The van der Waals surface area contributed by atoms with Crippen LogP contribution in [0.25, 0.3) is 0 Å². The van der Waals surface area contributed by atoms with Gasteiger partial charge in [0, 0.05) is 7.11 Å². The van der Waals surface area contributed by atoms with E-state index >= 15 is 0 Å². The van der Waals surface area contributed by atoms with Crippen LogP contribution in [0.3, 0.4) is 0 Å². The van der Waals surface area contributed by atoms with Gasteiger partial charge < -0.3 is 14.2 Å². The lowest BCUT2D eigenvalue weighted by atomic mass is 10.0. The second-order valence-corrected chi connectivity index (χ2v) is 3.50. The Morgan fingerprint density at radius 3 is 2.54 bits per heavy atom. The van der Waals surface area contributed by atoms with E-state index in [1.807, 2.05) is 6.92 Å². The minimum Gasteiger partial charge on any atom is -0.466 e. The molecule has 0 N–H and O–H groups in total. The SMILES string of the molecule is CCC1(COC)OC1(Cl)C(=O)OC. The summed E-state index contributed by atoms with van der Waals surface area (Å²) in [5, 5.41) is -1.34. The predicted molar refractivity (Wildman–Crippen MR) is 46.6 cm³/mol. The van der Waals surface area contributed by atoms with Gasteiger partial charge in [-0.15, -0.1) is 0 Å². The summed E-state index contributed by atoms with van der Waals surface area (Å²) >= 11 is 5.92. The Morgan fingerprint density at radius 2 is 2.15 bits per heavy atom. The molecule has 0 saturated carbocycles. The van der Waals surface area contributed by atoms with Crippen LogP contribution in [0.15, 0.2) is 0 Å². The molecule has 0 radical (unpaired) electrons. The molecule has 0 aromatic carbocycles. The molecule has 1 saturated heterocycles. The summed E-state index contributed by atoms with van der Waals surface area (Å²) in [5.41, 5.74) is -0.712. The average Bonchev–Trinajstić information content (AvgIpc) is 2.73. The fourth-order valence-corrected chi connectivity index (χ4v) is 1.77. The molecule has 5 heteroatoms. The molecule has 4 nitrogen and oxygen atoms in total. The summed E-state index contributed by atoms with van der Waals surface area (Å²) in [6.45, 7) is 2.17. The molecule has 76 valence electrons. The van der Waals surface area contributed by atoms with Crippen LogP contribution < -0.4 is 0 Å². The number of halogens is 1. The number of hydrogen-bond acceptors (Lipinski definition) is 4. The largest absolute Gasteiger partial charge is 0.466 e. The molecule has 1 aliphatic heterocycles. The first-order chi connectivity index (χ1) is 6.06. The summed E-state index contributed by atoms with van der Waals surface area (Å²) < 4.78 is 14.7. The molecular formula is C8H13ClO4. The van der Waals surface area contributed by atoms with Gasteiger partial charge in [0.1, 0.15) is 5.60 Å². The van der Waals surface area contributed by atoms with Crippen molar-refractivity contribution in [3.05, 3.63) is 0 Å². The summed E-state index contributed by atoms with van der Waals surface area (Å²) in [5.74, 6) is -0.562. The van der Waals surface area contributed by atoms with Gasteiger partial charge in [0.2, 0.25) is 0 Å². The number of hydrogen-bond donors (Lipinski definition) is 0. The first-order valence-corrected chi connectivity index (χ1v) is 4.40. The van der Waals surface area contributed by atoms with Crippen molar-refractivity contribution in [3.63, 3.8) is 0 Å². The maximum atomic E-state index is 11.2. The molecule has 0 bridgehead atoms. The first kappa shape index (κ1) is 10.8. The van der Waals surface area contributed by atoms with E-state index in [9.17, 15) is 4.79 Å². The maximum Gasteiger partial charge on any atom is 0.357 e. The van der Waals surface area contributed by atoms with Crippen molar-refractivity contribution in [1.29, 1.82) is 0 Å². The third-order valence-corrected chi connectivity index (χ3v) is 2.85. The molecule has 2 atom stereocenters. The van der Waals surface area contributed by atoms with E-state index in [4.69, 9.17) is 21.1 Å². The average molecular weight is 209 g/mol. The molecule has 0 spiro atoms. The van der Waals surface area contributed by atoms with Crippen LogP contribution in [-0.4, -0.2) is 37.5 Å². The van der Waals surface area contributed by atoms with Gasteiger partial charge in [0.15, 0.2) is 0 Å². The Kier molecular flexibility index (Phi) is 2.85.